The van der Waals surface area contributed by atoms with Gasteiger partial charge in [-0.15, -0.1) is 0 Å². The molecule has 1 saturated heterocycles. The number of morpholine rings is 1. The zero-order valence-electron chi connectivity index (χ0n) is 17.9. The number of anilines is 1. The van der Waals surface area contributed by atoms with Gasteiger partial charge in [-0.05, 0) is 36.8 Å². The SMILES string of the molecule is Nc1ccc(Oc2ccnc3cc(OCCCN4CCOCC4)c4c(c23)OCCO4)cc1. The number of hydrogen-bond acceptors (Lipinski definition) is 8. The van der Waals surface area contributed by atoms with Gasteiger partial charge in [0.05, 0.1) is 30.7 Å². The minimum Gasteiger partial charge on any atom is -0.489 e. The van der Waals surface area contributed by atoms with Crippen LogP contribution in [-0.4, -0.2) is 62.6 Å². The van der Waals surface area contributed by atoms with Crippen molar-refractivity contribution in [2.75, 3.05) is 58.4 Å². The molecule has 0 bridgehead atoms. The molecule has 2 aromatic carbocycles. The summed E-state index contributed by atoms with van der Waals surface area (Å²) in [6.07, 6.45) is 2.63. The van der Waals surface area contributed by atoms with Crippen LogP contribution in [0.5, 0.6) is 28.7 Å². The highest BCUT2D eigenvalue weighted by atomic mass is 16.6. The van der Waals surface area contributed by atoms with Crippen LogP contribution in [0.4, 0.5) is 5.69 Å². The van der Waals surface area contributed by atoms with Crippen LogP contribution in [0.25, 0.3) is 10.9 Å². The minimum atomic E-state index is 0.457. The van der Waals surface area contributed by atoms with Crippen molar-refractivity contribution in [3.63, 3.8) is 0 Å². The summed E-state index contributed by atoms with van der Waals surface area (Å²) < 4.78 is 29.6. The Morgan fingerprint density at radius 3 is 2.53 bits per heavy atom. The van der Waals surface area contributed by atoms with Crippen LogP contribution in [-0.2, 0) is 4.74 Å². The van der Waals surface area contributed by atoms with Crippen LogP contribution in [0.15, 0.2) is 42.6 Å². The van der Waals surface area contributed by atoms with E-state index in [0.717, 1.165) is 50.2 Å². The molecule has 3 heterocycles. The molecule has 2 aliphatic rings. The number of nitrogens with two attached hydrogens (primary N) is 1. The van der Waals surface area contributed by atoms with Gasteiger partial charge in [0.1, 0.15) is 24.7 Å². The molecule has 5 rings (SSSR count). The molecule has 2 N–H and O–H groups in total. The van der Waals surface area contributed by atoms with Gasteiger partial charge in [-0.1, -0.05) is 0 Å². The summed E-state index contributed by atoms with van der Waals surface area (Å²) in [7, 11) is 0. The number of aromatic nitrogens is 1. The van der Waals surface area contributed by atoms with E-state index >= 15 is 0 Å². The van der Waals surface area contributed by atoms with E-state index in [1.807, 2.05) is 24.3 Å². The standard InChI is InChI=1S/C24H27N3O5/c25-17-2-4-18(5-3-17)32-20-6-7-26-19-16-21(23-24(22(19)20)31-15-14-30-23)29-11-1-8-27-9-12-28-13-10-27/h2-7,16H,1,8-15,25H2. The zero-order chi connectivity index (χ0) is 21.8. The Balaban J connectivity index is 1.38. The van der Waals surface area contributed by atoms with Crippen molar-refractivity contribution in [2.24, 2.45) is 0 Å². The fourth-order valence-electron chi connectivity index (χ4n) is 3.92. The van der Waals surface area contributed by atoms with Crippen molar-refractivity contribution in [3.8, 4) is 28.7 Å². The first-order chi connectivity index (χ1) is 15.8. The first kappa shape index (κ1) is 20.7. The van der Waals surface area contributed by atoms with Gasteiger partial charge in [0.15, 0.2) is 11.5 Å². The second-order valence-electron chi connectivity index (χ2n) is 7.76. The van der Waals surface area contributed by atoms with E-state index < -0.39 is 0 Å². The third-order valence-electron chi connectivity index (χ3n) is 5.53. The lowest BCUT2D eigenvalue weighted by Crippen LogP contribution is -2.37. The van der Waals surface area contributed by atoms with Gasteiger partial charge < -0.3 is 29.4 Å². The number of pyridine rings is 1. The number of rotatable bonds is 7. The summed E-state index contributed by atoms with van der Waals surface area (Å²) in [5.41, 5.74) is 7.20. The second kappa shape index (κ2) is 9.50. The molecule has 0 unspecified atom stereocenters. The van der Waals surface area contributed by atoms with Crippen LogP contribution in [0.1, 0.15) is 6.42 Å². The van der Waals surface area contributed by atoms with Crippen molar-refractivity contribution >= 4 is 16.6 Å². The Bertz CT molecular complexity index is 1070. The lowest BCUT2D eigenvalue weighted by atomic mass is 10.1. The smallest absolute Gasteiger partial charge is 0.204 e. The largest absolute Gasteiger partial charge is 0.489 e. The minimum absolute atomic E-state index is 0.457. The summed E-state index contributed by atoms with van der Waals surface area (Å²) >= 11 is 0. The number of fused-ring (bicyclic) bond motifs is 3. The van der Waals surface area contributed by atoms with Crippen LogP contribution in [0.3, 0.4) is 0 Å². The van der Waals surface area contributed by atoms with Gasteiger partial charge in [-0.2, -0.15) is 0 Å². The third kappa shape index (κ3) is 4.51. The van der Waals surface area contributed by atoms with Crippen LogP contribution >= 0.6 is 0 Å². The van der Waals surface area contributed by atoms with Gasteiger partial charge in [0.2, 0.25) is 5.75 Å². The van der Waals surface area contributed by atoms with Crippen molar-refractivity contribution < 1.29 is 23.7 Å². The summed E-state index contributed by atoms with van der Waals surface area (Å²) in [6.45, 7) is 6.05. The molecule has 1 aromatic heterocycles. The number of ether oxygens (including phenoxy) is 5. The molecule has 0 radical (unpaired) electrons. The lowest BCUT2D eigenvalue weighted by Gasteiger charge is -2.26. The number of hydrogen-bond donors (Lipinski definition) is 1. The monoisotopic (exact) mass is 437 g/mol. The highest BCUT2D eigenvalue weighted by molar-refractivity contribution is 5.95. The van der Waals surface area contributed by atoms with Gasteiger partial charge in [-0.25, -0.2) is 0 Å². The Morgan fingerprint density at radius 1 is 0.938 bits per heavy atom. The van der Waals surface area contributed by atoms with Crippen molar-refractivity contribution in [1.29, 1.82) is 0 Å². The molecule has 8 heteroatoms. The van der Waals surface area contributed by atoms with E-state index in [0.29, 0.717) is 54.3 Å². The predicted molar refractivity (Wildman–Crippen MR) is 121 cm³/mol. The zero-order valence-corrected chi connectivity index (χ0v) is 17.9. The number of benzene rings is 2. The third-order valence-corrected chi connectivity index (χ3v) is 5.53. The fourth-order valence-corrected chi connectivity index (χ4v) is 3.92. The van der Waals surface area contributed by atoms with Gasteiger partial charge in [-0.3, -0.25) is 9.88 Å². The van der Waals surface area contributed by atoms with E-state index in [4.69, 9.17) is 29.4 Å². The normalized spacial score (nSPS) is 16.1. The lowest BCUT2D eigenvalue weighted by molar-refractivity contribution is 0.0357. The Hall–Kier alpha value is -3.23. The highest BCUT2D eigenvalue weighted by Gasteiger charge is 2.24. The molecular weight excluding hydrogens is 410 g/mol. The van der Waals surface area contributed by atoms with E-state index in [1.54, 1.807) is 18.3 Å². The Kier molecular flexibility index (Phi) is 6.13. The molecule has 2 aliphatic heterocycles. The molecule has 0 amide bonds. The molecule has 168 valence electrons. The maximum absolute atomic E-state index is 6.13. The fraction of sp³-hybridized carbons (Fsp3) is 0.375. The van der Waals surface area contributed by atoms with E-state index in [-0.39, 0.29) is 0 Å². The molecule has 0 saturated carbocycles. The predicted octanol–water partition coefficient (Wildman–Crippen LogP) is 3.48. The highest BCUT2D eigenvalue weighted by Crippen LogP contribution is 2.48. The Labute approximate surface area is 186 Å². The Morgan fingerprint density at radius 2 is 1.72 bits per heavy atom. The summed E-state index contributed by atoms with van der Waals surface area (Å²) in [4.78, 5) is 6.92. The maximum atomic E-state index is 6.13. The molecule has 3 aromatic rings. The quantitative estimate of drug-likeness (QED) is 0.444. The average molecular weight is 437 g/mol. The summed E-state index contributed by atoms with van der Waals surface area (Å²) in [5, 5.41) is 0.764. The summed E-state index contributed by atoms with van der Waals surface area (Å²) in [6, 6.07) is 11.0. The number of nitrogens with zero attached hydrogens (tertiary/aromatic N) is 2. The molecule has 32 heavy (non-hydrogen) atoms. The van der Waals surface area contributed by atoms with E-state index in [1.165, 1.54) is 0 Å². The first-order valence-corrected chi connectivity index (χ1v) is 11.0. The van der Waals surface area contributed by atoms with Gasteiger partial charge >= 0.3 is 0 Å². The first-order valence-electron chi connectivity index (χ1n) is 11.0. The summed E-state index contributed by atoms with van der Waals surface area (Å²) in [5.74, 6) is 3.17. The van der Waals surface area contributed by atoms with E-state index in [2.05, 4.69) is 9.88 Å². The molecule has 0 aliphatic carbocycles. The average Bonchev–Trinajstić information content (AvgIpc) is 2.84. The molecule has 1 fully saturated rings. The van der Waals surface area contributed by atoms with Gasteiger partial charge in [0.25, 0.3) is 0 Å². The van der Waals surface area contributed by atoms with E-state index in [9.17, 15) is 0 Å². The van der Waals surface area contributed by atoms with Crippen molar-refractivity contribution in [3.05, 3.63) is 42.6 Å². The molecule has 8 nitrogen and oxygen atoms in total. The number of nitrogen functional groups attached to an aromatic ring is 1. The molecule has 0 atom stereocenters. The van der Waals surface area contributed by atoms with Crippen LogP contribution in [0, 0.1) is 0 Å². The van der Waals surface area contributed by atoms with Crippen molar-refractivity contribution in [2.45, 2.75) is 6.42 Å². The topological polar surface area (TPSA) is 88.3 Å². The molecule has 0 spiro atoms. The van der Waals surface area contributed by atoms with Crippen molar-refractivity contribution in [1.82, 2.24) is 9.88 Å². The molecular formula is C24H27N3O5. The van der Waals surface area contributed by atoms with Crippen LogP contribution < -0.4 is 24.7 Å². The van der Waals surface area contributed by atoms with Crippen LogP contribution in [0.2, 0.25) is 0 Å². The second-order valence-corrected chi connectivity index (χ2v) is 7.76. The van der Waals surface area contributed by atoms with Gasteiger partial charge in [0, 0.05) is 37.6 Å². The maximum Gasteiger partial charge on any atom is 0.204 e.